The van der Waals surface area contributed by atoms with Crippen LogP contribution < -0.4 is 16.0 Å². The van der Waals surface area contributed by atoms with Crippen LogP contribution in [0.25, 0.3) is 0 Å². The Morgan fingerprint density at radius 1 is 1.00 bits per heavy atom. The summed E-state index contributed by atoms with van der Waals surface area (Å²) < 4.78 is 0. The van der Waals surface area contributed by atoms with Crippen LogP contribution in [-0.2, 0) is 4.79 Å². The molecule has 2 aromatic carbocycles. The van der Waals surface area contributed by atoms with Crippen molar-refractivity contribution in [1.29, 1.82) is 0 Å². The molecular formula is C22H25N5O. The lowest BCUT2D eigenvalue weighted by atomic mass is 9.98. The number of aromatic nitrogens is 2. The minimum Gasteiger partial charge on any atom is -0.340 e. The summed E-state index contributed by atoms with van der Waals surface area (Å²) in [6, 6.07) is 15.6. The van der Waals surface area contributed by atoms with Crippen molar-refractivity contribution < 1.29 is 4.79 Å². The molecule has 6 heteroatoms. The molecule has 0 spiro atoms. The van der Waals surface area contributed by atoms with E-state index in [1.165, 1.54) is 18.1 Å². The van der Waals surface area contributed by atoms with Gasteiger partial charge in [0.15, 0.2) is 0 Å². The van der Waals surface area contributed by atoms with Gasteiger partial charge in [0.25, 0.3) is 0 Å². The van der Waals surface area contributed by atoms with Crippen molar-refractivity contribution >= 4 is 34.7 Å². The van der Waals surface area contributed by atoms with Gasteiger partial charge in [-0.15, -0.1) is 0 Å². The molecule has 1 aromatic heterocycles. The zero-order valence-electron chi connectivity index (χ0n) is 16.6. The van der Waals surface area contributed by atoms with Gasteiger partial charge < -0.3 is 16.0 Å². The van der Waals surface area contributed by atoms with Gasteiger partial charge in [0, 0.05) is 30.2 Å². The van der Waals surface area contributed by atoms with E-state index in [0.717, 1.165) is 11.4 Å². The Morgan fingerprint density at radius 3 is 2.50 bits per heavy atom. The third-order valence-corrected chi connectivity index (χ3v) is 4.27. The lowest BCUT2D eigenvalue weighted by molar-refractivity contribution is -0.114. The summed E-state index contributed by atoms with van der Waals surface area (Å²) in [5.41, 5.74) is 5.00. The van der Waals surface area contributed by atoms with Crippen LogP contribution in [0.4, 0.5) is 28.8 Å². The molecule has 1 amide bonds. The lowest BCUT2D eigenvalue weighted by Gasteiger charge is -2.17. The van der Waals surface area contributed by atoms with Crippen LogP contribution in [0.15, 0.2) is 54.7 Å². The van der Waals surface area contributed by atoms with E-state index < -0.39 is 0 Å². The first-order valence-electron chi connectivity index (χ1n) is 9.26. The van der Waals surface area contributed by atoms with E-state index in [1.54, 1.807) is 6.20 Å². The predicted molar refractivity (Wildman–Crippen MR) is 115 cm³/mol. The molecule has 0 saturated heterocycles. The summed E-state index contributed by atoms with van der Waals surface area (Å²) in [5.74, 6) is 1.48. The molecule has 144 valence electrons. The summed E-state index contributed by atoms with van der Waals surface area (Å²) in [5, 5.41) is 9.39. The molecule has 0 saturated carbocycles. The van der Waals surface area contributed by atoms with Crippen LogP contribution in [-0.4, -0.2) is 15.9 Å². The highest BCUT2D eigenvalue weighted by Gasteiger charge is 2.10. The fourth-order valence-electron chi connectivity index (χ4n) is 2.97. The largest absolute Gasteiger partial charge is 0.340 e. The molecule has 0 unspecified atom stereocenters. The summed E-state index contributed by atoms with van der Waals surface area (Å²) in [6.07, 6.45) is 1.71. The van der Waals surface area contributed by atoms with Gasteiger partial charge in [-0.1, -0.05) is 38.1 Å². The molecule has 6 nitrogen and oxygen atoms in total. The highest BCUT2D eigenvalue weighted by Crippen LogP contribution is 2.30. The maximum atomic E-state index is 11.2. The molecule has 0 aliphatic heterocycles. The monoisotopic (exact) mass is 375 g/mol. The Morgan fingerprint density at radius 2 is 1.75 bits per heavy atom. The van der Waals surface area contributed by atoms with Crippen LogP contribution in [0.5, 0.6) is 0 Å². The maximum Gasteiger partial charge on any atom is 0.229 e. The fourth-order valence-corrected chi connectivity index (χ4v) is 2.97. The predicted octanol–water partition coefficient (Wildman–Crippen LogP) is 5.35. The highest BCUT2D eigenvalue weighted by molar-refractivity contribution is 5.89. The standard InChI is InChI=1S/C22H25N5O/c1-14(2)19-10-5-7-15(3)21(19)26-20-11-12-23-22(27-20)25-18-9-6-8-17(13-18)24-16(4)28/h5-14H,1-4H3,(H,24,28)(H2,23,25,26,27). The third kappa shape index (κ3) is 4.85. The van der Waals surface area contributed by atoms with Gasteiger partial charge in [-0.2, -0.15) is 4.98 Å². The molecule has 0 radical (unpaired) electrons. The van der Waals surface area contributed by atoms with E-state index in [4.69, 9.17) is 0 Å². The van der Waals surface area contributed by atoms with E-state index in [9.17, 15) is 4.79 Å². The minimum atomic E-state index is -0.112. The first kappa shape index (κ1) is 19.4. The SMILES string of the molecule is CC(=O)Nc1cccc(Nc2nccc(Nc3c(C)cccc3C(C)C)n2)c1. The number of benzene rings is 2. The van der Waals surface area contributed by atoms with Crippen molar-refractivity contribution in [2.24, 2.45) is 0 Å². The van der Waals surface area contributed by atoms with Crippen LogP contribution in [0, 0.1) is 6.92 Å². The number of para-hydroxylation sites is 1. The first-order valence-corrected chi connectivity index (χ1v) is 9.26. The second-order valence-electron chi connectivity index (χ2n) is 6.97. The molecule has 0 bridgehead atoms. The average molecular weight is 375 g/mol. The van der Waals surface area contributed by atoms with Crippen molar-refractivity contribution in [1.82, 2.24) is 9.97 Å². The second kappa shape index (κ2) is 8.52. The Balaban J connectivity index is 1.81. The van der Waals surface area contributed by atoms with Gasteiger partial charge in [-0.05, 0) is 48.2 Å². The molecule has 0 aliphatic rings. The molecule has 0 fully saturated rings. The number of hydrogen-bond donors (Lipinski definition) is 3. The Hall–Kier alpha value is -3.41. The van der Waals surface area contributed by atoms with Crippen molar-refractivity contribution in [3.8, 4) is 0 Å². The molecule has 3 aromatic rings. The topological polar surface area (TPSA) is 78.9 Å². The zero-order chi connectivity index (χ0) is 20.1. The molecule has 0 aliphatic carbocycles. The van der Waals surface area contributed by atoms with Crippen molar-refractivity contribution in [2.75, 3.05) is 16.0 Å². The average Bonchev–Trinajstić information content (AvgIpc) is 2.63. The smallest absolute Gasteiger partial charge is 0.229 e. The van der Waals surface area contributed by atoms with Crippen molar-refractivity contribution in [2.45, 2.75) is 33.6 Å². The molecule has 3 N–H and O–H groups in total. The van der Waals surface area contributed by atoms with Gasteiger partial charge in [0.2, 0.25) is 11.9 Å². The normalized spacial score (nSPS) is 10.6. The molecule has 3 rings (SSSR count). The fraction of sp³-hybridized carbons (Fsp3) is 0.227. The summed E-state index contributed by atoms with van der Waals surface area (Å²) in [7, 11) is 0. The molecular weight excluding hydrogens is 350 g/mol. The quantitative estimate of drug-likeness (QED) is 0.541. The zero-order valence-corrected chi connectivity index (χ0v) is 16.6. The Bertz CT molecular complexity index is 984. The summed E-state index contributed by atoms with van der Waals surface area (Å²) >= 11 is 0. The Kier molecular flexibility index (Phi) is 5.89. The number of nitrogens with zero attached hydrogens (tertiary/aromatic N) is 2. The molecule has 0 atom stereocenters. The van der Waals surface area contributed by atoms with Gasteiger partial charge in [-0.25, -0.2) is 4.98 Å². The van der Waals surface area contributed by atoms with Crippen LogP contribution in [0.3, 0.4) is 0 Å². The van der Waals surface area contributed by atoms with Gasteiger partial charge >= 0.3 is 0 Å². The van der Waals surface area contributed by atoms with Gasteiger partial charge in [-0.3, -0.25) is 4.79 Å². The first-order chi connectivity index (χ1) is 13.4. The van der Waals surface area contributed by atoms with Crippen LogP contribution in [0.2, 0.25) is 0 Å². The summed E-state index contributed by atoms with van der Waals surface area (Å²) in [6.45, 7) is 7.92. The third-order valence-electron chi connectivity index (χ3n) is 4.27. The van der Waals surface area contributed by atoms with E-state index in [-0.39, 0.29) is 5.91 Å². The highest BCUT2D eigenvalue weighted by atomic mass is 16.1. The van der Waals surface area contributed by atoms with E-state index in [0.29, 0.717) is 23.4 Å². The number of rotatable bonds is 6. The lowest BCUT2D eigenvalue weighted by Crippen LogP contribution is -2.06. The van der Waals surface area contributed by atoms with Gasteiger partial charge in [0.1, 0.15) is 5.82 Å². The summed E-state index contributed by atoms with van der Waals surface area (Å²) in [4.78, 5) is 20.1. The number of hydrogen-bond acceptors (Lipinski definition) is 5. The molecule has 1 heterocycles. The van der Waals surface area contributed by atoms with E-state index in [2.05, 4.69) is 64.9 Å². The number of amides is 1. The number of carbonyl (C=O) groups excluding carboxylic acids is 1. The van der Waals surface area contributed by atoms with Crippen molar-refractivity contribution in [3.05, 3.63) is 65.9 Å². The number of nitrogens with one attached hydrogen (secondary N) is 3. The number of carbonyl (C=O) groups is 1. The van der Waals surface area contributed by atoms with E-state index in [1.807, 2.05) is 30.3 Å². The maximum absolute atomic E-state index is 11.2. The molecule has 28 heavy (non-hydrogen) atoms. The second-order valence-corrected chi connectivity index (χ2v) is 6.97. The van der Waals surface area contributed by atoms with E-state index >= 15 is 0 Å². The minimum absolute atomic E-state index is 0.112. The van der Waals surface area contributed by atoms with Crippen LogP contribution >= 0.6 is 0 Å². The van der Waals surface area contributed by atoms with Crippen LogP contribution in [0.1, 0.15) is 37.8 Å². The number of aryl methyl sites for hydroxylation is 1. The van der Waals surface area contributed by atoms with Gasteiger partial charge in [0.05, 0.1) is 0 Å². The van der Waals surface area contributed by atoms with Crippen molar-refractivity contribution in [3.63, 3.8) is 0 Å². The number of anilines is 5. The Labute approximate surface area is 165 Å².